The number of rotatable bonds is 0. The van der Waals surface area contributed by atoms with Gasteiger partial charge in [-0.15, -0.1) is 0 Å². The van der Waals surface area contributed by atoms with Crippen LogP contribution in [0.1, 0.15) is 0 Å². The van der Waals surface area contributed by atoms with Gasteiger partial charge in [-0.25, -0.2) is 0 Å². The fourth-order valence-electron chi connectivity index (χ4n) is 0. The average molecular weight is 273 g/mol. The van der Waals surface area contributed by atoms with Crippen LogP contribution in [-0.2, 0) is 17.1 Å². The van der Waals surface area contributed by atoms with Gasteiger partial charge >= 0.3 is 17.1 Å². The maximum absolute atomic E-state index is 0. The smallest absolute Gasteiger partial charge is 1.00 e. The van der Waals surface area contributed by atoms with Gasteiger partial charge in [-0.2, -0.15) is 0 Å². The van der Waals surface area contributed by atoms with Crippen LogP contribution in [0, 0.1) is 0 Å². The van der Waals surface area contributed by atoms with Crippen molar-refractivity contribution in [2.24, 2.45) is 0 Å². The molecule has 5 nitrogen and oxygen atoms in total. The monoisotopic (exact) mass is 273 g/mol. The van der Waals surface area contributed by atoms with Crippen LogP contribution in [0.15, 0.2) is 0 Å². The molecule has 7 heavy (non-hydrogen) atoms. The zero-order valence-corrected chi connectivity index (χ0v) is 6.49. The maximum Gasteiger partial charge on any atom is 2.00 e. The van der Waals surface area contributed by atoms with E-state index in [4.69, 9.17) is 0 Å². The van der Waals surface area contributed by atoms with Gasteiger partial charge in [-0.05, 0) is 0 Å². The summed E-state index contributed by atoms with van der Waals surface area (Å²) in [5.41, 5.74) is 0. The molecule has 0 bridgehead atoms. The Kier molecular flexibility index (Phi) is 12200. The van der Waals surface area contributed by atoms with Crippen molar-refractivity contribution in [3.05, 3.63) is 0 Å². The molecule has 0 saturated heterocycles. The molecule has 0 aromatic rings. The van der Waals surface area contributed by atoms with Gasteiger partial charge in [0.25, 0.3) is 0 Å². The molecule has 0 spiro atoms. The van der Waals surface area contributed by atoms with Crippen LogP contribution in [0.25, 0.3) is 0 Å². The van der Waals surface area contributed by atoms with Gasteiger partial charge < -0.3 is 51.4 Å². The molecule has 0 aromatic carbocycles. The first-order valence-electron chi connectivity index (χ1n) is 0. The molecular weight excluding hydrogens is 263 g/mol. The SMILES string of the molecule is O.O.O.O.O.[Fe+2].[I-]. The Balaban J connectivity index is 0. The van der Waals surface area contributed by atoms with Crippen molar-refractivity contribution >= 4 is 0 Å². The Morgan fingerprint density at radius 1 is 0.429 bits per heavy atom. The van der Waals surface area contributed by atoms with E-state index < -0.39 is 0 Å². The number of hydrogen-bond acceptors (Lipinski definition) is 0. The van der Waals surface area contributed by atoms with Crippen molar-refractivity contribution in [3.8, 4) is 0 Å². The van der Waals surface area contributed by atoms with Crippen LogP contribution in [-0.4, -0.2) is 27.4 Å². The molecule has 0 amide bonds. The molecule has 0 saturated carbocycles. The van der Waals surface area contributed by atoms with Crippen LogP contribution in [0.5, 0.6) is 0 Å². The fraction of sp³-hybridized carbons (Fsp3) is 0. The van der Waals surface area contributed by atoms with Gasteiger partial charge in [0.1, 0.15) is 0 Å². The van der Waals surface area contributed by atoms with Crippen LogP contribution in [0.4, 0.5) is 0 Å². The molecule has 0 fully saturated rings. The summed E-state index contributed by atoms with van der Waals surface area (Å²) in [6.07, 6.45) is 0. The molecule has 0 aliphatic rings. The van der Waals surface area contributed by atoms with E-state index in [2.05, 4.69) is 0 Å². The van der Waals surface area contributed by atoms with Gasteiger partial charge in [0.15, 0.2) is 0 Å². The fourth-order valence-corrected chi connectivity index (χ4v) is 0. The van der Waals surface area contributed by atoms with E-state index in [1.54, 1.807) is 0 Å². The molecule has 0 aliphatic carbocycles. The van der Waals surface area contributed by atoms with E-state index in [0.29, 0.717) is 0 Å². The summed E-state index contributed by atoms with van der Waals surface area (Å²) in [4.78, 5) is 0. The standard InChI is InChI=1S/Fe.HI.5H2O/h;1H;5*1H2/q+2;;;;;;/p-1. The van der Waals surface area contributed by atoms with Crippen LogP contribution >= 0.6 is 0 Å². The zero-order chi connectivity index (χ0) is 0. The molecule has 0 atom stereocenters. The third-order valence-corrected chi connectivity index (χ3v) is 0. The summed E-state index contributed by atoms with van der Waals surface area (Å²) in [5.74, 6) is 0. The maximum atomic E-state index is 0. The van der Waals surface area contributed by atoms with Gasteiger partial charge in [0.05, 0.1) is 0 Å². The third kappa shape index (κ3) is 163. The minimum absolute atomic E-state index is 0. The first-order valence-corrected chi connectivity index (χ1v) is 0. The van der Waals surface area contributed by atoms with E-state index in [1.165, 1.54) is 0 Å². The minimum atomic E-state index is 0. The molecule has 54 valence electrons. The predicted octanol–water partition coefficient (Wildman–Crippen LogP) is -7.12. The largest absolute Gasteiger partial charge is 2.00 e. The van der Waals surface area contributed by atoms with Crippen molar-refractivity contribution in [1.29, 1.82) is 0 Å². The summed E-state index contributed by atoms with van der Waals surface area (Å²) < 4.78 is 0. The molecule has 0 aromatic heterocycles. The Morgan fingerprint density at radius 2 is 0.429 bits per heavy atom. The molecule has 0 aliphatic heterocycles. The van der Waals surface area contributed by atoms with E-state index in [-0.39, 0.29) is 68.4 Å². The number of hydrogen-bond donors (Lipinski definition) is 0. The summed E-state index contributed by atoms with van der Waals surface area (Å²) in [7, 11) is 0. The average Bonchev–Trinajstić information content (AvgIpc) is 0. The van der Waals surface area contributed by atoms with Gasteiger partial charge in [0, 0.05) is 0 Å². The third-order valence-electron chi connectivity index (χ3n) is 0. The molecule has 7 heteroatoms. The first-order chi connectivity index (χ1) is 0. The Labute approximate surface area is 68.5 Å². The van der Waals surface area contributed by atoms with Crippen molar-refractivity contribution in [1.82, 2.24) is 0 Å². The van der Waals surface area contributed by atoms with Gasteiger partial charge in [0.2, 0.25) is 0 Å². The van der Waals surface area contributed by atoms with Gasteiger partial charge in [-0.3, -0.25) is 0 Å². The van der Waals surface area contributed by atoms with E-state index in [1.807, 2.05) is 0 Å². The van der Waals surface area contributed by atoms with Crippen molar-refractivity contribution in [2.45, 2.75) is 0 Å². The summed E-state index contributed by atoms with van der Waals surface area (Å²) in [5, 5.41) is 0. The molecule has 0 radical (unpaired) electrons. The Bertz CT molecular complexity index is 8.04. The molecular formula is H10FeIO5+. The van der Waals surface area contributed by atoms with Crippen molar-refractivity contribution in [2.75, 3.05) is 0 Å². The second kappa shape index (κ2) is 234. The normalized spacial score (nSPS) is 0. The van der Waals surface area contributed by atoms with E-state index >= 15 is 0 Å². The predicted molar refractivity (Wildman–Crippen MR) is 18.1 cm³/mol. The second-order valence-corrected chi connectivity index (χ2v) is 0. The number of halogens is 1. The first kappa shape index (κ1) is 363. The summed E-state index contributed by atoms with van der Waals surface area (Å²) >= 11 is 0. The topological polar surface area (TPSA) is 158 Å². The van der Waals surface area contributed by atoms with Crippen molar-refractivity contribution in [3.63, 3.8) is 0 Å². The molecule has 0 heterocycles. The summed E-state index contributed by atoms with van der Waals surface area (Å²) in [6, 6.07) is 0. The van der Waals surface area contributed by atoms with Gasteiger partial charge in [-0.1, -0.05) is 0 Å². The van der Waals surface area contributed by atoms with Crippen molar-refractivity contribution < 1.29 is 68.4 Å². The molecule has 10 N–H and O–H groups in total. The van der Waals surface area contributed by atoms with E-state index in [9.17, 15) is 0 Å². The Hall–Kier alpha value is 1.05. The minimum Gasteiger partial charge on any atom is -1.00 e. The zero-order valence-electron chi connectivity index (χ0n) is 3.23. The summed E-state index contributed by atoms with van der Waals surface area (Å²) in [6.45, 7) is 0. The molecule has 0 rings (SSSR count). The quantitative estimate of drug-likeness (QED) is 0.303. The second-order valence-electron chi connectivity index (χ2n) is 0. The van der Waals surface area contributed by atoms with E-state index in [0.717, 1.165) is 0 Å². The van der Waals surface area contributed by atoms with Crippen LogP contribution in [0.3, 0.4) is 0 Å². The van der Waals surface area contributed by atoms with Crippen LogP contribution in [0.2, 0.25) is 0 Å². The van der Waals surface area contributed by atoms with Crippen LogP contribution < -0.4 is 24.0 Å². The molecule has 0 unspecified atom stereocenters. The Morgan fingerprint density at radius 3 is 0.429 bits per heavy atom.